The van der Waals surface area contributed by atoms with Crippen molar-refractivity contribution in [2.24, 2.45) is 0 Å². The van der Waals surface area contributed by atoms with Crippen LogP contribution in [0.3, 0.4) is 0 Å². The fraction of sp³-hybridized carbons (Fsp3) is 0.333. The lowest BCUT2D eigenvalue weighted by Gasteiger charge is -2.38. The van der Waals surface area contributed by atoms with Crippen LogP contribution in [0.25, 0.3) is 28.0 Å². The van der Waals surface area contributed by atoms with E-state index in [1.807, 2.05) is 61.5 Å². The van der Waals surface area contributed by atoms with Crippen molar-refractivity contribution in [3.05, 3.63) is 131 Å². The van der Waals surface area contributed by atoms with Gasteiger partial charge < -0.3 is 37.9 Å². The Balaban J connectivity index is 1.11. The van der Waals surface area contributed by atoms with E-state index in [2.05, 4.69) is 73.2 Å². The topological polar surface area (TPSA) is 142 Å². The van der Waals surface area contributed by atoms with Crippen molar-refractivity contribution in [3.63, 3.8) is 0 Å². The van der Waals surface area contributed by atoms with Crippen LogP contribution in [0.2, 0.25) is 0 Å². The third-order valence-electron chi connectivity index (χ3n) is 11.2. The molecule has 0 N–H and O–H groups in total. The molecule has 5 aromatic carbocycles. The molecule has 0 fully saturated rings. The standard InChI is InChI=1S/C51H52O12/c1-5-57-28-29-60-45(54)24-25-46(55)62-33-31-59-37-20-16-35(17-21-37)51(34-14-18-36(19-15-34)58-30-32-61-44(53)23-22-43(52)56-4)27-26-41-48-47(38-10-6-7-11-39(38)49(41)63-51)40-12-8-9-13-42(40)50(48,2)3/h6-21,26-27H,5,22-25,28-33H2,1-4H3. The molecule has 5 aromatic rings. The van der Waals surface area contributed by atoms with Crippen molar-refractivity contribution in [2.45, 2.75) is 57.5 Å². The molecule has 1 aliphatic heterocycles. The number of carbonyl (C=O) groups excluding carboxylic acids is 4. The van der Waals surface area contributed by atoms with Crippen LogP contribution < -0.4 is 14.2 Å². The normalized spacial score (nSPS) is 15.3. The van der Waals surface area contributed by atoms with Gasteiger partial charge in [-0.1, -0.05) is 92.7 Å². The number of ether oxygens (including phenoxy) is 8. The average molecular weight is 857 g/mol. The van der Waals surface area contributed by atoms with Gasteiger partial charge in [0, 0.05) is 34.1 Å². The Labute approximate surface area is 367 Å². The largest absolute Gasteiger partial charge is 0.490 e. The molecule has 2 aliphatic rings. The lowest BCUT2D eigenvalue weighted by molar-refractivity contribution is -0.151. The molecule has 0 radical (unpaired) electrons. The van der Waals surface area contributed by atoms with Gasteiger partial charge in [-0.15, -0.1) is 0 Å². The molecule has 1 atom stereocenters. The summed E-state index contributed by atoms with van der Waals surface area (Å²) in [6, 6.07) is 32.3. The molecule has 12 nitrogen and oxygen atoms in total. The zero-order chi connectivity index (χ0) is 44.4. The van der Waals surface area contributed by atoms with Crippen LogP contribution in [0.1, 0.15) is 74.3 Å². The second-order valence-electron chi connectivity index (χ2n) is 15.6. The second kappa shape index (κ2) is 20.0. The van der Waals surface area contributed by atoms with Gasteiger partial charge in [-0.25, -0.2) is 0 Å². The van der Waals surface area contributed by atoms with E-state index in [9.17, 15) is 19.2 Å². The van der Waals surface area contributed by atoms with Gasteiger partial charge in [-0.2, -0.15) is 0 Å². The van der Waals surface area contributed by atoms with E-state index in [1.54, 1.807) is 0 Å². The SMILES string of the molecule is CCOCCOC(=O)CCC(=O)OCCOc1ccc(C2(c3ccc(OCCOC(=O)CCC(=O)OC)cc3)C=Cc3c4c(c5ccccc5c3O2)-c2ccccc2C4(C)C)cc1. The van der Waals surface area contributed by atoms with E-state index in [1.165, 1.54) is 29.4 Å². The van der Waals surface area contributed by atoms with E-state index < -0.39 is 29.5 Å². The predicted molar refractivity (Wildman–Crippen MR) is 236 cm³/mol. The van der Waals surface area contributed by atoms with Crippen LogP contribution in [0.4, 0.5) is 0 Å². The highest BCUT2D eigenvalue weighted by atomic mass is 16.6. The first-order chi connectivity index (χ1) is 30.6. The molecule has 0 aromatic heterocycles. The molecule has 63 heavy (non-hydrogen) atoms. The fourth-order valence-electron chi connectivity index (χ4n) is 8.19. The Morgan fingerprint density at radius 3 is 1.65 bits per heavy atom. The van der Waals surface area contributed by atoms with Crippen LogP contribution in [-0.2, 0) is 53.9 Å². The number of rotatable bonds is 20. The van der Waals surface area contributed by atoms with E-state index in [0.717, 1.165) is 33.2 Å². The Hall–Kier alpha value is -6.66. The summed E-state index contributed by atoms with van der Waals surface area (Å²) in [5.41, 5.74) is 6.31. The minimum absolute atomic E-state index is 0.0103. The van der Waals surface area contributed by atoms with Crippen molar-refractivity contribution in [3.8, 4) is 28.4 Å². The fourth-order valence-corrected chi connectivity index (χ4v) is 8.19. The van der Waals surface area contributed by atoms with Gasteiger partial charge in [0.1, 0.15) is 50.3 Å². The van der Waals surface area contributed by atoms with E-state index in [-0.39, 0.29) is 64.1 Å². The van der Waals surface area contributed by atoms with Gasteiger partial charge in [0.05, 0.1) is 39.4 Å². The monoisotopic (exact) mass is 856 g/mol. The van der Waals surface area contributed by atoms with E-state index in [0.29, 0.717) is 24.7 Å². The summed E-state index contributed by atoms with van der Waals surface area (Å²) < 4.78 is 44.6. The Bertz CT molecular complexity index is 2470. The molecule has 1 unspecified atom stereocenters. The summed E-state index contributed by atoms with van der Waals surface area (Å²) in [5.74, 6) is -0.0582. The molecule has 1 heterocycles. The maximum atomic E-state index is 12.2. The van der Waals surface area contributed by atoms with Crippen molar-refractivity contribution in [2.75, 3.05) is 53.4 Å². The van der Waals surface area contributed by atoms with Crippen LogP contribution in [-0.4, -0.2) is 77.2 Å². The minimum Gasteiger partial charge on any atom is -0.490 e. The smallest absolute Gasteiger partial charge is 0.306 e. The summed E-state index contributed by atoms with van der Waals surface area (Å²) in [4.78, 5) is 47.5. The van der Waals surface area contributed by atoms with Gasteiger partial charge in [0.15, 0.2) is 5.60 Å². The van der Waals surface area contributed by atoms with Gasteiger partial charge in [-0.05, 0) is 64.9 Å². The van der Waals surface area contributed by atoms with Crippen molar-refractivity contribution in [1.82, 2.24) is 0 Å². The van der Waals surface area contributed by atoms with Crippen LogP contribution in [0.15, 0.2) is 103 Å². The third kappa shape index (κ3) is 9.86. The van der Waals surface area contributed by atoms with Crippen molar-refractivity contribution in [1.29, 1.82) is 0 Å². The molecule has 1 aliphatic carbocycles. The molecule has 0 saturated heterocycles. The molecule has 328 valence electrons. The molecule has 0 spiro atoms. The highest BCUT2D eigenvalue weighted by Crippen LogP contribution is 2.58. The predicted octanol–water partition coefficient (Wildman–Crippen LogP) is 8.65. The van der Waals surface area contributed by atoms with Crippen molar-refractivity contribution >= 4 is 40.7 Å². The second-order valence-corrected chi connectivity index (χ2v) is 15.6. The molecule has 0 amide bonds. The molecular formula is C51H52O12. The lowest BCUT2D eigenvalue weighted by atomic mass is 9.77. The first-order valence-corrected chi connectivity index (χ1v) is 21.2. The summed E-state index contributed by atoms with van der Waals surface area (Å²) in [6.45, 7) is 7.65. The maximum Gasteiger partial charge on any atom is 0.306 e. The summed E-state index contributed by atoms with van der Waals surface area (Å²) in [5, 5.41) is 2.12. The zero-order valence-electron chi connectivity index (χ0n) is 36.1. The highest BCUT2D eigenvalue weighted by Gasteiger charge is 2.44. The molecule has 0 saturated carbocycles. The summed E-state index contributed by atoms with van der Waals surface area (Å²) >= 11 is 0. The molecule has 12 heteroatoms. The van der Waals surface area contributed by atoms with Gasteiger partial charge in [0.25, 0.3) is 0 Å². The van der Waals surface area contributed by atoms with Crippen LogP contribution >= 0.6 is 0 Å². The van der Waals surface area contributed by atoms with Crippen molar-refractivity contribution < 1.29 is 57.1 Å². The molecule has 0 bridgehead atoms. The Kier molecular flexibility index (Phi) is 14.1. The third-order valence-corrected chi connectivity index (χ3v) is 11.2. The number of esters is 4. The molecular weight excluding hydrogens is 805 g/mol. The summed E-state index contributed by atoms with van der Waals surface area (Å²) in [7, 11) is 1.27. The van der Waals surface area contributed by atoms with Crippen LogP contribution in [0.5, 0.6) is 17.2 Å². The first kappa shape index (κ1) is 44.4. The zero-order valence-corrected chi connectivity index (χ0v) is 36.1. The molecule has 7 rings (SSSR count). The quantitative estimate of drug-likeness (QED) is 0.0420. The van der Waals surface area contributed by atoms with Gasteiger partial charge >= 0.3 is 23.9 Å². The maximum absolute atomic E-state index is 12.2. The number of benzene rings is 5. The van der Waals surface area contributed by atoms with E-state index >= 15 is 0 Å². The number of hydrogen-bond acceptors (Lipinski definition) is 12. The minimum atomic E-state index is -1.08. The number of methoxy groups -OCH3 is 1. The Morgan fingerprint density at radius 1 is 0.587 bits per heavy atom. The Morgan fingerprint density at radius 2 is 1.10 bits per heavy atom. The van der Waals surface area contributed by atoms with Gasteiger partial charge in [0.2, 0.25) is 0 Å². The van der Waals surface area contributed by atoms with E-state index in [4.69, 9.17) is 33.2 Å². The average Bonchev–Trinajstić information content (AvgIpc) is 3.55. The number of fused-ring (bicyclic) bond motifs is 8. The lowest BCUT2D eigenvalue weighted by Crippen LogP contribution is -2.35. The van der Waals surface area contributed by atoms with Crippen LogP contribution in [0, 0.1) is 0 Å². The first-order valence-electron chi connectivity index (χ1n) is 21.2. The van der Waals surface area contributed by atoms with Gasteiger partial charge in [-0.3, -0.25) is 19.2 Å². The summed E-state index contributed by atoms with van der Waals surface area (Å²) in [6.07, 6.45) is 4.02. The number of hydrogen-bond donors (Lipinski definition) is 0. The highest BCUT2D eigenvalue weighted by molar-refractivity contribution is 6.08. The number of carbonyl (C=O) groups is 4.